The van der Waals surface area contributed by atoms with Gasteiger partial charge < -0.3 is 5.73 Å². The van der Waals surface area contributed by atoms with Crippen LogP contribution in [0.25, 0.3) is 0 Å². The maximum Gasteiger partial charge on any atom is 0.0231 e. The van der Waals surface area contributed by atoms with Gasteiger partial charge in [-0.3, -0.25) is 0 Å². The van der Waals surface area contributed by atoms with E-state index in [1.807, 2.05) is 12.2 Å². The normalized spacial score (nSPS) is 11.2. The van der Waals surface area contributed by atoms with Gasteiger partial charge in [-0.15, -0.1) is 11.8 Å². The van der Waals surface area contributed by atoms with E-state index < -0.39 is 0 Å². The molecule has 0 atom stereocenters. The van der Waals surface area contributed by atoms with Gasteiger partial charge in [0, 0.05) is 17.2 Å². The van der Waals surface area contributed by atoms with Crippen LogP contribution >= 0.6 is 11.8 Å². The van der Waals surface area contributed by atoms with Crippen molar-refractivity contribution in [2.24, 2.45) is 5.73 Å². The van der Waals surface area contributed by atoms with E-state index in [-0.39, 0.29) is 0 Å². The van der Waals surface area contributed by atoms with Crippen molar-refractivity contribution in [1.29, 1.82) is 0 Å². The van der Waals surface area contributed by atoms with E-state index in [1.165, 1.54) is 10.5 Å². The van der Waals surface area contributed by atoms with Crippen LogP contribution in [0.15, 0.2) is 66.1 Å². The average molecular weight is 231 g/mol. The summed E-state index contributed by atoms with van der Waals surface area (Å²) in [6.07, 6.45) is 5.63. The quantitative estimate of drug-likeness (QED) is 0.598. The first-order chi connectivity index (χ1) is 7.80. The third-order valence-electron chi connectivity index (χ3n) is 2.16. The number of benzene rings is 1. The predicted molar refractivity (Wildman–Crippen MR) is 73.5 cm³/mol. The van der Waals surface area contributed by atoms with Crippen molar-refractivity contribution in [2.45, 2.75) is 11.4 Å². The van der Waals surface area contributed by atoms with Gasteiger partial charge in [0.25, 0.3) is 0 Å². The second kappa shape index (κ2) is 7.09. The number of thioether (sulfide) groups is 1. The van der Waals surface area contributed by atoms with Gasteiger partial charge in [-0.2, -0.15) is 0 Å². The van der Waals surface area contributed by atoms with E-state index in [0.717, 1.165) is 11.3 Å². The Kier molecular flexibility index (Phi) is 5.68. The van der Waals surface area contributed by atoms with Crippen LogP contribution in [0.3, 0.4) is 0 Å². The molecule has 84 valence electrons. The third-order valence-corrected chi connectivity index (χ3v) is 3.24. The van der Waals surface area contributed by atoms with Crippen LogP contribution < -0.4 is 5.73 Å². The van der Waals surface area contributed by atoms with Crippen LogP contribution in [0.4, 0.5) is 0 Å². The van der Waals surface area contributed by atoms with E-state index in [4.69, 9.17) is 5.73 Å². The summed E-state index contributed by atoms with van der Waals surface area (Å²) in [4.78, 5) is 1.24. The van der Waals surface area contributed by atoms with Crippen molar-refractivity contribution in [1.82, 2.24) is 0 Å². The van der Waals surface area contributed by atoms with Crippen molar-refractivity contribution in [3.63, 3.8) is 0 Å². The molecule has 0 spiro atoms. The lowest BCUT2D eigenvalue weighted by Gasteiger charge is -2.03. The standard InChI is InChI=1S/C14H17NS/c1-3-5-12(4-2)11-16-14-8-6-13(10-15)7-9-14/h3-9H,1-2,10-11,15H2/b12-5+. The second-order valence-corrected chi connectivity index (χ2v) is 4.37. The molecule has 0 aromatic heterocycles. The van der Waals surface area contributed by atoms with Gasteiger partial charge in [-0.25, -0.2) is 0 Å². The van der Waals surface area contributed by atoms with Gasteiger partial charge in [-0.1, -0.05) is 43.5 Å². The van der Waals surface area contributed by atoms with Crippen LogP contribution in [0.2, 0.25) is 0 Å². The molecule has 1 rings (SSSR count). The SMILES string of the molecule is C=C/C=C(\C=C)CSc1ccc(CN)cc1. The summed E-state index contributed by atoms with van der Waals surface area (Å²) in [5, 5.41) is 0. The summed E-state index contributed by atoms with van der Waals surface area (Å²) in [5.41, 5.74) is 7.89. The second-order valence-electron chi connectivity index (χ2n) is 3.32. The first kappa shape index (κ1) is 12.8. The topological polar surface area (TPSA) is 26.0 Å². The highest BCUT2D eigenvalue weighted by Gasteiger charge is 1.96. The van der Waals surface area contributed by atoms with E-state index in [2.05, 4.69) is 37.4 Å². The van der Waals surface area contributed by atoms with Crippen molar-refractivity contribution in [3.8, 4) is 0 Å². The molecular weight excluding hydrogens is 214 g/mol. The summed E-state index contributed by atoms with van der Waals surface area (Å²) < 4.78 is 0. The predicted octanol–water partition coefficient (Wildman–Crippen LogP) is 3.54. The monoisotopic (exact) mass is 231 g/mol. The molecule has 2 N–H and O–H groups in total. The molecule has 0 heterocycles. The van der Waals surface area contributed by atoms with E-state index in [0.29, 0.717) is 6.54 Å². The molecule has 0 radical (unpaired) electrons. The van der Waals surface area contributed by atoms with Crippen LogP contribution in [0.5, 0.6) is 0 Å². The molecule has 0 fully saturated rings. The summed E-state index contributed by atoms with van der Waals surface area (Å²) in [5.74, 6) is 0.914. The minimum atomic E-state index is 0.596. The molecule has 1 aromatic rings. The van der Waals surface area contributed by atoms with Gasteiger partial charge >= 0.3 is 0 Å². The highest BCUT2D eigenvalue weighted by atomic mass is 32.2. The highest BCUT2D eigenvalue weighted by Crippen LogP contribution is 2.21. The number of hydrogen-bond donors (Lipinski definition) is 1. The van der Waals surface area contributed by atoms with Crippen LogP contribution in [-0.4, -0.2) is 5.75 Å². The molecule has 2 heteroatoms. The summed E-state index contributed by atoms with van der Waals surface area (Å²) in [6.45, 7) is 8.05. The maximum absolute atomic E-state index is 5.54. The Morgan fingerprint density at radius 2 is 1.94 bits per heavy atom. The maximum atomic E-state index is 5.54. The van der Waals surface area contributed by atoms with Gasteiger partial charge in [-0.05, 0) is 23.3 Å². The van der Waals surface area contributed by atoms with Gasteiger partial charge in [0.1, 0.15) is 0 Å². The molecule has 0 aliphatic carbocycles. The van der Waals surface area contributed by atoms with Gasteiger partial charge in [0.2, 0.25) is 0 Å². The molecule has 16 heavy (non-hydrogen) atoms. The molecule has 0 unspecified atom stereocenters. The minimum Gasteiger partial charge on any atom is -0.326 e. The number of rotatable bonds is 6. The Labute approximate surface area is 102 Å². The Balaban J connectivity index is 2.56. The zero-order chi connectivity index (χ0) is 11.8. The molecule has 1 aromatic carbocycles. The Hall–Kier alpha value is -1.25. The molecule has 0 aliphatic heterocycles. The molecule has 0 saturated heterocycles. The van der Waals surface area contributed by atoms with Gasteiger partial charge in [0.05, 0.1) is 0 Å². The molecule has 0 amide bonds. The summed E-state index contributed by atoms with van der Waals surface area (Å²) >= 11 is 1.78. The fraction of sp³-hybridized carbons (Fsp3) is 0.143. The van der Waals surface area contributed by atoms with Crippen LogP contribution in [0, 0.1) is 0 Å². The fourth-order valence-corrected chi connectivity index (χ4v) is 2.09. The van der Waals surface area contributed by atoms with Crippen molar-refractivity contribution in [2.75, 3.05) is 5.75 Å². The molecule has 1 nitrogen and oxygen atoms in total. The average Bonchev–Trinajstić information content (AvgIpc) is 2.35. The molecule has 0 saturated carbocycles. The number of hydrogen-bond acceptors (Lipinski definition) is 2. The molecule has 0 bridgehead atoms. The number of allylic oxidation sites excluding steroid dienone is 3. The van der Waals surface area contributed by atoms with Crippen LogP contribution in [-0.2, 0) is 6.54 Å². The summed E-state index contributed by atoms with van der Waals surface area (Å²) in [6, 6.07) is 8.32. The van der Waals surface area contributed by atoms with Crippen molar-refractivity contribution < 1.29 is 0 Å². The zero-order valence-corrected chi connectivity index (χ0v) is 10.2. The lowest BCUT2D eigenvalue weighted by Crippen LogP contribution is -1.95. The Morgan fingerprint density at radius 1 is 1.25 bits per heavy atom. The first-order valence-corrected chi connectivity index (χ1v) is 6.14. The third kappa shape index (κ3) is 4.09. The van der Waals surface area contributed by atoms with Crippen LogP contribution in [0.1, 0.15) is 5.56 Å². The first-order valence-electron chi connectivity index (χ1n) is 5.16. The van der Waals surface area contributed by atoms with Gasteiger partial charge in [0.15, 0.2) is 0 Å². The van der Waals surface area contributed by atoms with E-state index >= 15 is 0 Å². The fourth-order valence-electron chi connectivity index (χ4n) is 1.21. The minimum absolute atomic E-state index is 0.596. The summed E-state index contributed by atoms with van der Waals surface area (Å²) in [7, 11) is 0. The van der Waals surface area contributed by atoms with Crippen molar-refractivity contribution in [3.05, 3.63) is 66.8 Å². The Bertz CT molecular complexity index is 376. The lowest BCUT2D eigenvalue weighted by molar-refractivity contribution is 1.07. The molecule has 0 aliphatic rings. The van der Waals surface area contributed by atoms with Crippen molar-refractivity contribution >= 4 is 11.8 Å². The van der Waals surface area contributed by atoms with E-state index in [9.17, 15) is 0 Å². The zero-order valence-electron chi connectivity index (χ0n) is 9.36. The highest BCUT2D eigenvalue weighted by molar-refractivity contribution is 7.99. The van der Waals surface area contributed by atoms with E-state index in [1.54, 1.807) is 17.8 Å². The largest absolute Gasteiger partial charge is 0.326 e. The number of nitrogens with two attached hydrogens (primary N) is 1. The Morgan fingerprint density at radius 3 is 2.44 bits per heavy atom. The smallest absolute Gasteiger partial charge is 0.0231 e. The molecular formula is C14H17NS. The lowest BCUT2D eigenvalue weighted by atomic mass is 10.2.